The van der Waals surface area contributed by atoms with Crippen LogP contribution in [-0.4, -0.2) is 39.5 Å². The maximum Gasteiger partial charge on any atom is 0.340 e. The molecule has 1 N–H and O–H groups in total. The van der Waals surface area contributed by atoms with Gasteiger partial charge in [0, 0.05) is 11.9 Å². The number of aromatic nitrogens is 3. The summed E-state index contributed by atoms with van der Waals surface area (Å²) in [6.45, 7) is 2.00. The van der Waals surface area contributed by atoms with Crippen LogP contribution in [0.1, 0.15) is 21.1 Å². The van der Waals surface area contributed by atoms with Crippen LogP contribution < -0.4 is 10.1 Å². The van der Waals surface area contributed by atoms with Crippen LogP contribution in [0.5, 0.6) is 5.75 Å². The maximum atomic E-state index is 12.9. The average molecular weight is 451 g/mol. The number of thioether (sulfide) groups is 1. The number of esters is 1. The van der Waals surface area contributed by atoms with Crippen molar-refractivity contribution in [2.45, 2.75) is 18.7 Å². The summed E-state index contributed by atoms with van der Waals surface area (Å²) in [5, 5.41) is 11.9. The van der Waals surface area contributed by atoms with Crippen LogP contribution in [0.25, 0.3) is 0 Å². The number of thiophene rings is 1. The minimum absolute atomic E-state index is 0.0857. The molecule has 3 aromatic rings. The Morgan fingerprint density at radius 2 is 2.00 bits per heavy atom. The number of nitrogens with one attached hydrogen (secondary N) is 1. The quantitative estimate of drug-likeness (QED) is 0.415. The molecule has 0 unspecified atom stereocenters. The fourth-order valence-corrected chi connectivity index (χ4v) is 4.08. The molecule has 0 saturated heterocycles. The van der Waals surface area contributed by atoms with E-state index >= 15 is 0 Å². The molecule has 8 nitrogen and oxygen atoms in total. The Hall–Kier alpha value is -2.92. The molecular formula is C19H19FN4O4S2. The van der Waals surface area contributed by atoms with Crippen molar-refractivity contribution in [1.29, 1.82) is 0 Å². The summed E-state index contributed by atoms with van der Waals surface area (Å²) in [6, 6.07) is 7.36. The molecule has 11 heteroatoms. The summed E-state index contributed by atoms with van der Waals surface area (Å²) in [6.07, 6.45) is 0. The van der Waals surface area contributed by atoms with Gasteiger partial charge >= 0.3 is 5.97 Å². The van der Waals surface area contributed by atoms with Gasteiger partial charge in [-0.1, -0.05) is 11.8 Å². The summed E-state index contributed by atoms with van der Waals surface area (Å²) in [5.41, 5.74) is 0.331. The van der Waals surface area contributed by atoms with Gasteiger partial charge in [0.15, 0.2) is 11.0 Å². The molecule has 0 fully saturated rings. The first kappa shape index (κ1) is 21.8. The standard InChI is InChI=1S/C19H19FN4O4S2/c1-11-8-14(18(26)27-3)17(30-11)21-16(25)10-29-19-23-22-15(24(19)2)9-28-13-6-4-12(20)5-7-13/h4-8H,9-10H2,1-3H3,(H,21,25). The minimum atomic E-state index is -0.499. The smallest absolute Gasteiger partial charge is 0.340 e. The fraction of sp³-hybridized carbons (Fsp3) is 0.263. The van der Waals surface area contributed by atoms with Crippen molar-refractivity contribution in [3.8, 4) is 5.75 Å². The summed E-state index contributed by atoms with van der Waals surface area (Å²) in [5.74, 6) is 0.0437. The lowest BCUT2D eigenvalue weighted by Crippen LogP contribution is -2.16. The zero-order valence-corrected chi connectivity index (χ0v) is 18.1. The van der Waals surface area contributed by atoms with E-state index < -0.39 is 5.97 Å². The van der Waals surface area contributed by atoms with E-state index in [-0.39, 0.29) is 24.1 Å². The molecule has 1 aromatic carbocycles. The highest BCUT2D eigenvalue weighted by Gasteiger charge is 2.18. The topological polar surface area (TPSA) is 95.3 Å². The Morgan fingerprint density at radius 3 is 2.70 bits per heavy atom. The van der Waals surface area contributed by atoms with Gasteiger partial charge < -0.3 is 19.4 Å². The van der Waals surface area contributed by atoms with E-state index in [0.717, 1.165) is 4.88 Å². The number of aryl methyl sites for hydroxylation is 1. The van der Waals surface area contributed by atoms with E-state index in [9.17, 15) is 14.0 Å². The summed E-state index contributed by atoms with van der Waals surface area (Å²) >= 11 is 2.51. The molecule has 2 heterocycles. The zero-order valence-electron chi connectivity index (χ0n) is 16.5. The number of hydrogen-bond acceptors (Lipinski definition) is 8. The second-order valence-corrected chi connectivity index (χ2v) is 8.33. The van der Waals surface area contributed by atoms with Gasteiger partial charge in [0.25, 0.3) is 0 Å². The van der Waals surface area contributed by atoms with E-state index in [4.69, 9.17) is 9.47 Å². The van der Waals surface area contributed by atoms with Crippen LogP contribution in [0.2, 0.25) is 0 Å². The first-order valence-electron chi connectivity index (χ1n) is 8.75. The molecule has 0 aliphatic heterocycles. The van der Waals surface area contributed by atoms with E-state index in [1.165, 1.54) is 54.5 Å². The van der Waals surface area contributed by atoms with Crippen molar-refractivity contribution < 1.29 is 23.5 Å². The number of rotatable bonds is 8. The number of ether oxygens (including phenoxy) is 2. The molecule has 3 rings (SSSR count). The van der Waals surface area contributed by atoms with Gasteiger partial charge in [-0.15, -0.1) is 21.5 Å². The third-order valence-corrected chi connectivity index (χ3v) is 5.94. The largest absolute Gasteiger partial charge is 0.486 e. The van der Waals surface area contributed by atoms with Gasteiger partial charge in [0.05, 0.1) is 18.4 Å². The number of carbonyl (C=O) groups excluding carboxylic acids is 2. The van der Waals surface area contributed by atoms with Gasteiger partial charge in [-0.05, 0) is 37.3 Å². The Labute approximate surface area is 180 Å². The third kappa shape index (κ3) is 5.36. The summed E-state index contributed by atoms with van der Waals surface area (Å²) in [7, 11) is 3.06. The molecule has 0 aliphatic carbocycles. The predicted molar refractivity (Wildman–Crippen MR) is 111 cm³/mol. The van der Waals surface area contributed by atoms with Gasteiger partial charge in [-0.2, -0.15) is 0 Å². The van der Waals surface area contributed by atoms with Crippen molar-refractivity contribution in [3.05, 3.63) is 52.4 Å². The number of methoxy groups -OCH3 is 1. The van der Waals surface area contributed by atoms with Crippen molar-refractivity contribution in [2.24, 2.45) is 7.05 Å². The number of halogens is 1. The van der Waals surface area contributed by atoms with Crippen molar-refractivity contribution in [3.63, 3.8) is 0 Å². The highest BCUT2D eigenvalue weighted by molar-refractivity contribution is 7.99. The molecule has 2 aromatic heterocycles. The number of nitrogens with zero attached hydrogens (tertiary/aromatic N) is 3. The number of anilines is 1. The highest BCUT2D eigenvalue weighted by Crippen LogP contribution is 2.28. The fourth-order valence-electron chi connectivity index (χ4n) is 2.44. The van der Waals surface area contributed by atoms with Gasteiger partial charge in [-0.25, -0.2) is 9.18 Å². The molecule has 0 bridgehead atoms. The number of amides is 1. The molecule has 0 spiro atoms. The van der Waals surface area contributed by atoms with Gasteiger partial charge in [-0.3, -0.25) is 4.79 Å². The average Bonchev–Trinajstić information content (AvgIpc) is 3.27. The molecule has 0 aliphatic rings. The van der Waals surface area contributed by atoms with Crippen LogP contribution in [0.4, 0.5) is 9.39 Å². The normalized spacial score (nSPS) is 10.7. The predicted octanol–water partition coefficient (Wildman–Crippen LogP) is 3.42. The van der Waals surface area contributed by atoms with Crippen molar-refractivity contribution in [2.75, 3.05) is 18.2 Å². The molecule has 30 heavy (non-hydrogen) atoms. The summed E-state index contributed by atoms with van der Waals surface area (Å²) in [4.78, 5) is 25.0. The SMILES string of the molecule is COC(=O)c1cc(C)sc1NC(=O)CSc1nnc(COc2ccc(F)cc2)n1C. The Kier molecular flexibility index (Phi) is 7.06. The zero-order chi connectivity index (χ0) is 21.7. The first-order valence-corrected chi connectivity index (χ1v) is 10.6. The monoisotopic (exact) mass is 450 g/mol. The molecular weight excluding hydrogens is 431 g/mol. The molecule has 1 amide bonds. The molecule has 0 radical (unpaired) electrons. The lowest BCUT2D eigenvalue weighted by atomic mass is 10.3. The Bertz CT molecular complexity index is 1050. The second-order valence-electron chi connectivity index (χ2n) is 6.13. The Balaban J connectivity index is 1.55. The minimum Gasteiger partial charge on any atom is -0.486 e. The first-order chi connectivity index (χ1) is 14.4. The van der Waals surface area contributed by atoms with Crippen LogP contribution >= 0.6 is 23.1 Å². The molecule has 0 atom stereocenters. The van der Waals surface area contributed by atoms with Crippen LogP contribution in [0.3, 0.4) is 0 Å². The lowest BCUT2D eigenvalue weighted by Gasteiger charge is -2.07. The number of hydrogen-bond donors (Lipinski definition) is 1. The molecule has 158 valence electrons. The van der Waals surface area contributed by atoms with Crippen LogP contribution in [-0.2, 0) is 23.2 Å². The maximum absolute atomic E-state index is 12.9. The number of benzene rings is 1. The van der Waals surface area contributed by atoms with E-state index in [0.29, 0.717) is 27.3 Å². The number of carbonyl (C=O) groups is 2. The Morgan fingerprint density at radius 1 is 1.27 bits per heavy atom. The third-order valence-electron chi connectivity index (χ3n) is 3.95. The van der Waals surface area contributed by atoms with E-state index in [1.54, 1.807) is 17.7 Å². The van der Waals surface area contributed by atoms with Gasteiger partial charge in [0.1, 0.15) is 23.2 Å². The summed E-state index contributed by atoms with van der Waals surface area (Å²) < 4.78 is 25.0. The molecule has 0 saturated carbocycles. The van der Waals surface area contributed by atoms with Crippen LogP contribution in [0, 0.1) is 12.7 Å². The van der Waals surface area contributed by atoms with E-state index in [2.05, 4.69) is 15.5 Å². The second kappa shape index (κ2) is 9.72. The highest BCUT2D eigenvalue weighted by atomic mass is 32.2. The van der Waals surface area contributed by atoms with Gasteiger partial charge in [0.2, 0.25) is 5.91 Å². The van der Waals surface area contributed by atoms with Crippen LogP contribution in [0.15, 0.2) is 35.5 Å². The van der Waals surface area contributed by atoms with Crippen molar-refractivity contribution in [1.82, 2.24) is 14.8 Å². The lowest BCUT2D eigenvalue weighted by molar-refractivity contribution is -0.113. The van der Waals surface area contributed by atoms with E-state index in [1.807, 2.05) is 6.92 Å². The van der Waals surface area contributed by atoms with Crippen molar-refractivity contribution >= 4 is 40.0 Å².